The number of hydrogen-bond acceptors (Lipinski definition) is 6. The van der Waals surface area contributed by atoms with Gasteiger partial charge in [0.2, 0.25) is 5.91 Å². The van der Waals surface area contributed by atoms with Gasteiger partial charge < -0.3 is 25.8 Å². The van der Waals surface area contributed by atoms with Crippen LogP contribution in [-0.4, -0.2) is 38.0 Å². The van der Waals surface area contributed by atoms with Crippen molar-refractivity contribution in [1.29, 1.82) is 0 Å². The molecule has 0 aliphatic carbocycles. The van der Waals surface area contributed by atoms with Crippen molar-refractivity contribution in [2.75, 3.05) is 31.3 Å². The third-order valence-corrected chi connectivity index (χ3v) is 3.88. The molecule has 148 valence electrons. The fraction of sp³-hybridized carbons (Fsp3) is 0.211. The minimum atomic E-state index is -0.765. The number of nitrogen functional groups attached to an aromatic ring is 1. The van der Waals surface area contributed by atoms with E-state index >= 15 is 0 Å². The van der Waals surface area contributed by atoms with Gasteiger partial charge in [-0.15, -0.1) is 0 Å². The molecule has 2 amide bonds. The third kappa shape index (κ3) is 5.88. The first-order valence-electron chi connectivity index (χ1n) is 8.23. The number of nitrogens with one attached hydrogen (secondary N) is 2. The zero-order valence-electron chi connectivity index (χ0n) is 15.4. The minimum Gasteiger partial charge on any atom is -0.495 e. The second kappa shape index (κ2) is 9.61. The Morgan fingerprint density at radius 2 is 1.86 bits per heavy atom. The number of aryl methyl sites for hydroxylation is 1. The van der Waals surface area contributed by atoms with E-state index in [0.717, 1.165) is 5.56 Å². The van der Waals surface area contributed by atoms with Gasteiger partial charge in [0, 0.05) is 10.7 Å². The average molecular weight is 406 g/mol. The van der Waals surface area contributed by atoms with Crippen LogP contribution in [0.15, 0.2) is 36.4 Å². The van der Waals surface area contributed by atoms with E-state index in [0.29, 0.717) is 16.5 Å². The first-order chi connectivity index (χ1) is 13.3. The maximum Gasteiger partial charge on any atom is 0.340 e. The van der Waals surface area contributed by atoms with E-state index < -0.39 is 24.4 Å². The fourth-order valence-electron chi connectivity index (χ4n) is 2.27. The summed E-state index contributed by atoms with van der Waals surface area (Å²) in [6.45, 7) is 1.02. The molecule has 0 saturated carbocycles. The normalized spacial score (nSPS) is 10.1. The lowest BCUT2D eigenvalue weighted by Crippen LogP contribution is -2.35. The predicted octanol–water partition coefficient (Wildman–Crippen LogP) is 2.15. The smallest absolute Gasteiger partial charge is 0.340 e. The van der Waals surface area contributed by atoms with Gasteiger partial charge in [0.15, 0.2) is 6.61 Å². The first kappa shape index (κ1) is 21.0. The summed E-state index contributed by atoms with van der Waals surface area (Å²) < 4.78 is 10.1. The standard InChI is InChI=1S/C19H20ClN3O5/c1-11-3-6-16(27-2)15(7-11)23-17(24)9-22-18(25)10-28-19(26)13-5-4-12(20)8-14(13)21/h3-8H,9-10,21H2,1-2H3,(H,22,25)(H,23,24). The molecule has 4 N–H and O–H groups in total. The van der Waals surface area contributed by atoms with Crippen LogP contribution in [0, 0.1) is 6.92 Å². The molecule has 0 spiro atoms. The van der Waals surface area contributed by atoms with Gasteiger partial charge in [0.1, 0.15) is 5.75 Å². The van der Waals surface area contributed by atoms with Gasteiger partial charge in [-0.1, -0.05) is 17.7 Å². The highest BCUT2D eigenvalue weighted by molar-refractivity contribution is 6.31. The van der Waals surface area contributed by atoms with Crippen LogP contribution in [0.1, 0.15) is 15.9 Å². The van der Waals surface area contributed by atoms with E-state index in [9.17, 15) is 14.4 Å². The van der Waals surface area contributed by atoms with E-state index in [1.165, 1.54) is 25.3 Å². The number of esters is 1. The molecule has 0 unspecified atom stereocenters. The Hall–Kier alpha value is -3.26. The molecule has 0 atom stereocenters. The van der Waals surface area contributed by atoms with Crippen LogP contribution in [0.4, 0.5) is 11.4 Å². The molecule has 9 heteroatoms. The monoisotopic (exact) mass is 405 g/mol. The lowest BCUT2D eigenvalue weighted by atomic mass is 10.2. The average Bonchev–Trinajstić information content (AvgIpc) is 2.64. The number of ether oxygens (including phenoxy) is 2. The van der Waals surface area contributed by atoms with Gasteiger partial charge in [-0.3, -0.25) is 9.59 Å². The SMILES string of the molecule is COc1ccc(C)cc1NC(=O)CNC(=O)COC(=O)c1ccc(Cl)cc1N. The molecule has 0 bridgehead atoms. The quantitative estimate of drug-likeness (QED) is 0.479. The maximum atomic E-state index is 12.0. The molecule has 28 heavy (non-hydrogen) atoms. The Balaban J connectivity index is 1.81. The topological polar surface area (TPSA) is 120 Å². The number of anilines is 2. The van der Waals surface area contributed by atoms with Gasteiger partial charge in [0.05, 0.1) is 24.9 Å². The molecular formula is C19H20ClN3O5. The molecule has 0 fully saturated rings. The molecule has 0 saturated heterocycles. The van der Waals surface area contributed by atoms with Crippen molar-refractivity contribution in [3.05, 3.63) is 52.5 Å². The van der Waals surface area contributed by atoms with Gasteiger partial charge >= 0.3 is 5.97 Å². The van der Waals surface area contributed by atoms with Crippen molar-refractivity contribution in [3.63, 3.8) is 0 Å². The molecule has 0 aromatic heterocycles. The molecule has 2 aromatic carbocycles. The minimum absolute atomic E-state index is 0.0986. The fourth-order valence-corrected chi connectivity index (χ4v) is 2.45. The Kier molecular flexibility index (Phi) is 7.22. The highest BCUT2D eigenvalue weighted by Gasteiger charge is 2.14. The van der Waals surface area contributed by atoms with Crippen LogP contribution in [0.3, 0.4) is 0 Å². The van der Waals surface area contributed by atoms with Crippen molar-refractivity contribution >= 4 is 40.8 Å². The zero-order valence-corrected chi connectivity index (χ0v) is 16.1. The van der Waals surface area contributed by atoms with E-state index in [-0.39, 0.29) is 17.8 Å². The van der Waals surface area contributed by atoms with Crippen molar-refractivity contribution in [3.8, 4) is 5.75 Å². The van der Waals surface area contributed by atoms with Crippen molar-refractivity contribution in [1.82, 2.24) is 5.32 Å². The lowest BCUT2D eigenvalue weighted by Gasteiger charge is -2.11. The van der Waals surface area contributed by atoms with Crippen LogP contribution in [-0.2, 0) is 14.3 Å². The molecule has 0 aliphatic rings. The van der Waals surface area contributed by atoms with Crippen molar-refractivity contribution in [2.45, 2.75) is 6.92 Å². The summed E-state index contributed by atoms with van der Waals surface area (Å²) in [5.74, 6) is -1.35. The van der Waals surface area contributed by atoms with Gasteiger partial charge in [0.25, 0.3) is 5.91 Å². The third-order valence-electron chi connectivity index (χ3n) is 3.64. The number of halogens is 1. The summed E-state index contributed by atoms with van der Waals surface area (Å²) in [6.07, 6.45) is 0. The Morgan fingerprint density at radius 1 is 1.11 bits per heavy atom. The number of nitrogens with two attached hydrogens (primary N) is 1. The van der Waals surface area contributed by atoms with E-state index in [1.54, 1.807) is 12.1 Å². The molecule has 0 radical (unpaired) electrons. The second-order valence-corrected chi connectivity index (χ2v) is 6.27. The van der Waals surface area contributed by atoms with Crippen LogP contribution < -0.4 is 21.1 Å². The van der Waals surface area contributed by atoms with Gasteiger partial charge in [-0.2, -0.15) is 0 Å². The predicted molar refractivity (Wildman–Crippen MR) is 106 cm³/mol. The zero-order chi connectivity index (χ0) is 20.7. The highest BCUT2D eigenvalue weighted by Crippen LogP contribution is 2.25. The number of rotatable bonds is 7. The van der Waals surface area contributed by atoms with Gasteiger partial charge in [-0.05, 0) is 42.8 Å². The summed E-state index contributed by atoms with van der Waals surface area (Å²) in [5, 5.41) is 5.39. The number of carbonyl (C=O) groups excluding carboxylic acids is 3. The lowest BCUT2D eigenvalue weighted by molar-refractivity contribution is -0.126. The summed E-state index contributed by atoms with van der Waals surface area (Å²) in [7, 11) is 1.49. The van der Waals surface area contributed by atoms with Crippen LogP contribution >= 0.6 is 11.6 Å². The molecule has 0 aliphatic heterocycles. The Morgan fingerprint density at radius 3 is 2.54 bits per heavy atom. The summed E-state index contributed by atoms with van der Waals surface area (Å²) in [4.78, 5) is 35.8. The van der Waals surface area contributed by atoms with Crippen LogP contribution in [0.2, 0.25) is 5.02 Å². The number of carbonyl (C=O) groups is 3. The summed E-state index contributed by atoms with van der Waals surface area (Å²) in [5.41, 5.74) is 7.36. The maximum absolute atomic E-state index is 12.0. The molecule has 0 heterocycles. The van der Waals surface area contributed by atoms with E-state index in [4.69, 9.17) is 26.8 Å². The van der Waals surface area contributed by atoms with Crippen LogP contribution in [0.5, 0.6) is 5.75 Å². The first-order valence-corrected chi connectivity index (χ1v) is 8.61. The number of methoxy groups -OCH3 is 1. The Bertz CT molecular complexity index is 901. The molecule has 2 rings (SSSR count). The summed E-state index contributed by atoms with van der Waals surface area (Å²) in [6, 6.07) is 9.61. The van der Waals surface area contributed by atoms with E-state index in [1.807, 2.05) is 13.0 Å². The van der Waals surface area contributed by atoms with Gasteiger partial charge in [-0.25, -0.2) is 4.79 Å². The number of benzene rings is 2. The largest absolute Gasteiger partial charge is 0.495 e. The summed E-state index contributed by atoms with van der Waals surface area (Å²) >= 11 is 5.76. The second-order valence-electron chi connectivity index (χ2n) is 5.84. The van der Waals surface area contributed by atoms with Crippen molar-refractivity contribution < 1.29 is 23.9 Å². The molecule has 8 nitrogen and oxygen atoms in total. The highest BCUT2D eigenvalue weighted by atomic mass is 35.5. The number of hydrogen-bond donors (Lipinski definition) is 3. The Labute approximate surface area is 166 Å². The van der Waals surface area contributed by atoms with E-state index in [2.05, 4.69) is 10.6 Å². The number of amides is 2. The van der Waals surface area contributed by atoms with Crippen molar-refractivity contribution in [2.24, 2.45) is 0 Å². The molecular weight excluding hydrogens is 386 g/mol. The molecule has 2 aromatic rings. The van der Waals surface area contributed by atoms with Crippen LogP contribution in [0.25, 0.3) is 0 Å².